The first-order valence-corrected chi connectivity index (χ1v) is 14.2. The van der Waals surface area contributed by atoms with Crippen LogP contribution in [-0.2, 0) is 26.4 Å². The van der Waals surface area contributed by atoms with Crippen molar-refractivity contribution in [2.45, 2.75) is 33.2 Å². The first-order valence-electron chi connectivity index (χ1n) is 14.2. The number of nitrogens with zero attached hydrogens (tertiary/aromatic N) is 5. The molecule has 5 heterocycles. The Labute approximate surface area is 244 Å². The van der Waals surface area contributed by atoms with E-state index >= 15 is 0 Å². The summed E-state index contributed by atoms with van der Waals surface area (Å²) in [7, 11) is 3.64. The average Bonchev–Trinajstić information content (AvgIpc) is 3.43. The van der Waals surface area contributed by atoms with Gasteiger partial charge in [-0.3, -0.25) is 29.7 Å². The number of amides is 1. The van der Waals surface area contributed by atoms with Crippen LogP contribution in [0.15, 0.2) is 47.3 Å². The Morgan fingerprint density at radius 2 is 1.93 bits per heavy atom. The third-order valence-electron chi connectivity index (χ3n) is 8.37. The normalized spacial score (nSPS) is 18.9. The van der Waals surface area contributed by atoms with Gasteiger partial charge in [-0.25, -0.2) is 0 Å². The molecule has 11 heteroatoms. The van der Waals surface area contributed by atoms with Crippen molar-refractivity contribution in [3.63, 3.8) is 0 Å². The molecule has 0 saturated carbocycles. The lowest BCUT2D eigenvalue weighted by atomic mass is 9.90. The van der Waals surface area contributed by atoms with Crippen LogP contribution in [0.4, 0.5) is 11.4 Å². The summed E-state index contributed by atoms with van der Waals surface area (Å²) in [6.45, 7) is 7.96. The van der Waals surface area contributed by atoms with E-state index in [0.29, 0.717) is 47.7 Å². The van der Waals surface area contributed by atoms with Crippen molar-refractivity contribution in [2.75, 3.05) is 43.4 Å². The summed E-state index contributed by atoms with van der Waals surface area (Å²) >= 11 is 0. The third kappa shape index (κ3) is 4.94. The molecule has 0 bridgehead atoms. The predicted octanol–water partition coefficient (Wildman–Crippen LogP) is 2.65. The summed E-state index contributed by atoms with van der Waals surface area (Å²) in [6.07, 6.45) is 9.06. The number of hydrogen-bond donors (Lipinski definition) is 3. The van der Waals surface area contributed by atoms with Crippen LogP contribution in [-0.4, -0.2) is 70.3 Å². The van der Waals surface area contributed by atoms with Crippen molar-refractivity contribution >= 4 is 29.4 Å². The highest BCUT2D eigenvalue weighted by Crippen LogP contribution is 2.40. The van der Waals surface area contributed by atoms with Crippen LogP contribution in [0.2, 0.25) is 0 Å². The van der Waals surface area contributed by atoms with E-state index < -0.39 is 0 Å². The molecule has 42 heavy (non-hydrogen) atoms. The van der Waals surface area contributed by atoms with Gasteiger partial charge in [-0.15, -0.1) is 0 Å². The number of likely N-dealkylation sites (N-methyl/N-ethyl adjacent to an activating group) is 1. The van der Waals surface area contributed by atoms with Crippen LogP contribution in [0, 0.1) is 10.8 Å². The summed E-state index contributed by atoms with van der Waals surface area (Å²) in [4.78, 5) is 47.4. The van der Waals surface area contributed by atoms with Crippen molar-refractivity contribution < 1.29 is 9.59 Å². The number of hydrogen-bond acceptors (Lipinski definition) is 7. The van der Waals surface area contributed by atoms with Crippen molar-refractivity contribution in [1.29, 1.82) is 5.41 Å². The Balaban J connectivity index is 1.32. The molecule has 3 aromatic rings. The summed E-state index contributed by atoms with van der Waals surface area (Å²) in [6, 6.07) is 3.63. The van der Waals surface area contributed by atoms with E-state index in [4.69, 9.17) is 5.41 Å². The zero-order chi connectivity index (χ0) is 29.8. The van der Waals surface area contributed by atoms with E-state index in [1.807, 2.05) is 13.1 Å². The molecule has 3 aromatic heterocycles. The fourth-order valence-corrected chi connectivity index (χ4v) is 6.40. The zero-order valence-electron chi connectivity index (χ0n) is 24.5. The fourth-order valence-electron chi connectivity index (χ4n) is 6.40. The Morgan fingerprint density at radius 3 is 2.69 bits per heavy atom. The maximum absolute atomic E-state index is 13.7. The van der Waals surface area contributed by atoms with Crippen molar-refractivity contribution in [3.05, 3.63) is 75.4 Å². The van der Waals surface area contributed by atoms with Gasteiger partial charge in [-0.2, -0.15) is 0 Å². The largest absolute Gasteiger partial charge is 0.386 e. The minimum Gasteiger partial charge on any atom is -0.386 e. The van der Waals surface area contributed by atoms with Crippen LogP contribution >= 0.6 is 0 Å². The molecule has 0 radical (unpaired) electrons. The van der Waals surface area contributed by atoms with Gasteiger partial charge in [0, 0.05) is 86.3 Å². The minimum atomic E-state index is -0.310. The summed E-state index contributed by atoms with van der Waals surface area (Å²) < 4.78 is 3.55. The van der Waals surface area contributed by atoms with Crippen molar-refractivity contribution in [2.24, 2.45) is 12.5 Å². The second kappa shape index (κ2) is 10.4. The highest BCUT2D eigenvalue weighted by atomic mass is 16.2. The number of aromatic nitrogens is 3. The van der Waals surface area contributed by atoms with E-state index in [0.717, 1.165) is 37.9 Å². The van der Waals surface area contributed by atoms with E-state index in [1.54, 1.807) is 42.7 Å². The van der Waals surface area contributed by atoms with Gasteiger partial charge in [0.05, 0.1) is 11.9 Å². The highest BCUT2D eigenvalue weighted by molar-refractivity contribution is 6.09. The second-order valence-corrected chi connectivity index (χ2v) is 12.3. The average molecular weight is 569 g/mol. The van der Waals surface area contributed by atoms with Crippen LogP contribution < -0.4 is 21.1 Å². The van der Waals surface area contributed by atoms with Crippen molar-refractivity contribution in [1.82, 2.24) is 24.3 Å². The van der Waals surface area contributed by atoms with Crippen LogP contribution in [0.5, 0.6) is 0 Å². The lowest BCUT2D eigenvalue weighted by molar-refractivity contribution is 0.0964. The van der Waals surface area contributed by atoms with Crippen molar-refractivity contribution in [3.8, 4) is 11.1 Å². The third-order valence-corrected chi connectivity index (χ3v) is 8.37. The first kappa shape index (κ1) is 27.6. The molecule has 0 atom stereocenters. The van der Waals surface area contributed by atoms with Gasteiger partial charge in [0.1, 0.15) is 17.2 Å². The molecule has 1 amide bonds. The molecular formula is C31H36N8O3. The number of pyridine rings is 2. The number of nitrogens with one attached hydrogen (secondary N) is 3. The van der Waals surface area contributed by atoms with Gasteiger partial charge in [-0.05, 0) is 43.0 Å². The van der Waals surface area contributed by atoms with Gasteiger partial charge >= 0.3 is 0 Å². The van der Waals surface area contributed by atoms with Crippen LogP contribution in [0.1, 0.15) is 46.0 Å². The number of fused-ring (bicyclic) bond motifs is 3. The number of aryl methyl sites for hydroxylation is 1. The van der Waals surface area contributed by atoms with E-state index in [9.17, 15) is 14.4 Å². The zero-order valence-corrected chi connectivity index (χ0v) is 24.5. The molecular weight excluding hydrogens is 532 g/mol. The maximum Gasteiger partial charge on any atom is 0.275 e. The molecule has 1 saturated heterocycles. The molecule has 3 N–H and O–H groups in total. The number of anilines is 2. The van der Waals surface area contributed by atoms with E-state index in [-0.39, 0.29) is 28.4 Å². The Kier molecular flexibility index (Phi) is 6.84. The summed E-state index contributed by atoms with van der Waals surface area (Å²) in [5.41, 5.74) is 5.91. The molecule has 1 fully saturated rings. The van der Waals surface area contributed by atoms with Gasteiger partial charge in [0.2, 0.25) is 0 Å². The molecule has 0 spiro atoms. The van der Waals surface area contributed by atoms with Gasteiger partial charge in [0.25, 0.3) is 11.5 Å². The second-order valence-electron chi connectivity index (χ2n) is 12.3. The maximum atomic E-state index is 13.7. The number of aldehydes is 1. The fraction of sp³-hybridized carbons (Fsp3) is 0.387. The molecule has 11 nitrogen and oxygen atoms in total. The first-order chi connectivity index (χ1) is 20.0. The molecule has 6 rings (SSSR count). The number of carbonyl (C=O) groups excluding carboxylic acids is 2. The molecule has 1 aliphatic carbocycles. The number of piperazine rings is 1. The summed E-state index contributed by atoms with van der Waals surface area (Å²) in [5.74, 6) is -0.0801. The van der Waals surface area contributed by atoms with Gasteiger partial charge in [-0.1, -0.05) is 13.8 Å². The Morgan fingerprint density at radius 1 is 1.12 bits per heavy atom. The topological polar surface area (TPSA) is 128 Å². The Bertz CT molecular complexity index is 1710. The highest BCUT2D eigenvalue weighted by Gasteiger charge is 2.37. The van der Waals surface area contributed by atoms with E-state index in [1.165, 1.54) is 15.8 Å². The minimum absolute atomic E-state index is 0.0711. The number of rotatable bonds is 5. The number of carbonyl (C=O) groups is 2. The van der Waals surface area contributed by atoms with Crippen LogP contribution in [0.25, 0.3) is 11.1 Å². The smallest absolute Gasteiger partial charge is 0.275 e. The lowest BCUT2D eigenvalue weighted by Crippen LogP contribution is -2.41. The molecule has 0 aromatic carbocycles. The molecule has 218 valence electrons. The van der Waals surface area contributed by atoms with Gasteiger partial charge < -0.3 is 24.7 Å². The molecule has 2 aliphatic heterocycles. The number of amidine groups is 1. The molecule has 0 unspecified atom stereocenters. The summed E-state index contributed by atoms with van der Waals surface area (Å²) in [5, 5.41) is 14.6. The lowest BCUT2D eigenvalue weighted by Gasteiger charge is -2.31. The quantitative estimate of drug-likeness (QED) is 0.245. The predicted molar refractivity (Wildman–Crippen MR) is 163 cm³/mol. The molecule has 3 aliphatic rings. The van der Waals surface area contributed by atoms with Gasteiger partial charge in [0.15, 0.2) is 6.29 Å². The van der Waals surface area contributed by atoms with E-state index in [2.05, 4.69) is 38.9 Å². The standard InChI is InChI=1S/C31H36N8O3/c1-31(2)12-19-10-25-30(42)39(8-7-38(25)26(19)13-31)27-15-33-14-22(23(27)18-40)20-9-24(29(41)37(4)16-20)35-28(32)11-21-17-36(3)6-5-34-21/h9-11,14-16,18,34H,5-8,12-13,17H2,1-4H3,(H2,32,35)/b21-11-. The monoisotopic (exact) mass is 568 g/mol. The van der Waals surface area contributed by atoms with Crippen LogP contribution in [0.3, 0.4) is 0 Å². The SMILES string of the molecule is CN1CCN/C(=C\C(=N)Nc2cc(-c3cncc(N4CCn5c(cc6c5CC(C)(C)C6)C4=O)c3C=O)cn(C)c2=O)C1. The Hall–Kier alpha value is -4.51.